The topological polar surface area (TPSA) is 8.17 Å². The summed E-state index contributed by atoms with van der Waals surface area (Å²) in [4.78, 5) is 2.36. The smallest absolute Gasteiger partial charge is 0.0545 e. The van der Waals surface area contributed by atoms with E-state index >= 15 is 0 Å². The summed E-state index contributed by atoms with van der Waals surface area (Å²) in [6, 6.07) is 50.0. The lowest BCUT2D eigenvalue weighted by molar-refractivity contribution is 1.18. The summed E-state index contributed by atoms with van der Waals surface area (Å²) in [7, 11) is 0. The van der Waals surface area contributed by atoms with Gasteiger partial charge in [-0.25, -0.2) is 0 Å². The summed E-state index contributed by atoms with van der Waals surface area (Å²) < 4.78 is 2.41. The molecule has 0 amide bonds. The Labute approximate surface area is 216 Å². The first-order valence-electron chi connectivity index (χ1n) is 12.7. The van der Waals surface area contributed by atoms with Crippen LogP contribution in [0, 0.1) is 6.92 Å². The second-order valence-corrected chi connectivity index (χ2v) is 9.55. The summed E-state index contributed by atoms with van der Waals surface area (Å²) in [6.45, 7) is 2.22. The van der Waals surface area contributed by atoms with Crippen LogP contribution in [0.5, 0.6) is 0 Å². The number of anilines is 3. The van der Waals surface area contributed by atoms with Crippen LogP contribution in [0.4, 0.5) is 17.1 Å². The van der Waals surface area contributed by atoms with Crippen LogP contribution in [0.3, 0.4) is 0 Å². The standard InChI is InChI=1S/C35H26N2/c1-25-22-35-32(24-34(25)36(28-14-4-2-5-15-28)29-16-6-3-7-17-29)31-18-10-11-19-33(31)37(35)30-21-20-26-12-8-9-13-27(26)23-30/h2-24H,1H3. The number of hydrogen-bond acceptors (Lipinski definition) is 1. The van der Waals surface area contributed by atoms with Gasteiger partial charge >= 0.3 is 0 Å². The van der Waals surface area contributed by atoms with Gasteiger partial charge in [0, 0.05) is 33.5 Å². The van der Waals surface area contributed by atoms with E-state index < -0.39 is 0 Å². The Kier molecular flexibility index (Phi) is 5.04. The van der Waals surface area contributed by atoms with Gasteiger partial charge in [-0.15, -0.1) is 0 Å². The molecular weight excluding hydrogens is 448 g/mol. The van der Waals surface area contributed by atoms with E-state index in [1.54, 1.807) is 0 Å². The van der Waals surface area contributed by atoms with Crippen molar-refractivity contribution in [2.24, 2.45) is 0 Å². The van der Waals surface area contributed by atoms with Crippen molar-refractivity contribution in [3.05, 3.63) is 145 Å². The van der Waals surface area contributed by atoms with Gasteiger partial charge in [-0.3, -0.25) is 0 Å². The highest BCUT2D eigenvalue weighted by atomic mass is 15.1. The molecule has 0 aliphatic carbocycles. The first-order chi connectivity index (χ1) is 18.3. The highest BCUT2D eigenvalue weighted by Crippen LogP contribution is 2.41. The van der Waals surface area contributed by atoms with Gasteiger partial charge in [0.1, 0.15) is 0 Å². The van der Waals surface area contributed by atoms with Gasteiger partial charge in [0.2, 0.25) is 0 Å². The third kappa shape index (κ3) is 3.57. The van der Waals surface area contributed by atoms with E-state index in [1.165, 1.54) is 49.5 Å². The minimum absolute atomic E-state index is 1.15. The SMILES string of the molecule is Cc1cc2c(cc1N(c1ccccc1)c1ccccc1)c1ccccc1n2-c1ccc2ccccc2c1. The lowest BCUT2D eigenvalue weighted by Gasteiger charge is -2.27. The molecule has 0 radical (unpaired) electrons. The second-order valence-electron chi connectivity index (χ2n) is 9.55. The molecular formula is C35H26N2. The zero-order valence-electron chi connectivity index (χ0n) is 20.7. The maximum absolute atomic E-state index is 2.41. The summed E-state index contributed by atoms with van der Waals surface area (Å²) >= 11 is 0. The van der Waals surface area contributed by atoms with Crippen molar-refractivity contribution in [1.82, 2.24) is 4.57 Å². The Morgan fingerprint density at radius 1 is 0.486 bits per heavy atom. The fraction of sp³-hybridized carbons (Fsp3) is 0.0286. The second kappa shape index (κ2) is 8.69. The first kappa shape index (κ1) is 21.5. The number of aryl methyl sites for hydroxylation is 1. The quantitative estimate of drug-likeness (QED) is 0.246. The Morgan fingerprint density at radius 2 is 1.11 bits per heavy atom. The van der Waals surface area contributed by atoms with Crippen LogP contribution >= 0.6 is 0 Å². The van der Waals surface area contributed by atoms with Crippen molar-refractivity contribution in [3.63, 3.8) is 0 Å². The van der Waals surface area contributed by atoms with Crippen LogP contribution < -0.4 is 4.90 Å². The van der Waals surface area contributed by atoms with Gasteiger partial charge in [0.05, 0.1) is 11.0 Å². The number of aromatic nitrogens is 1. The van der Waals surface area contributed by atoms with Gasteiger partial charge in [-0.05, 0) is 77.9 Å². The van der Waals surface area contributed by atoms with Crippen LogP contribution in [0.25, 0.3) is 38.3 Å². The lowest BCUT2D eigenvalue weighted by Crippen LogP contribution is -2.11. The first-order valence-corrected chi connectivity index (χ1v) is 12.7. The van der Waals surface area contributed by atoms with Crippen LogP contribution in [0.1, 0.15) is 5.56 Å². The molecule has 37 heavy (non-hydrogen) atoms. The molecule has 0 N–H and O–H groups in total. The Bertz CT molecular complexity index is 1840. The highest BCUT2D eigenvalue weighted by Gasteiger charge is 2.19. The number of rotatable bonds is 4. The van der Waals surface area contributed by atoms with Crippen molar-refractivity contribution in [1.29, 1.82) is 0 Å². The molecule has 0 atom stereocenters. The molecule has 0 bridgehead atoms. The average Bonchev–Trinajstić information content (AvgIpc) is 3.27. The monoisotopic (exact) mass is 474 g/mol. The van der Waals surface area contributed by atoms with E-state index in [1.807, 2.05) is 0 Å². The molecule has 0 aliphatic heterocycles. The van der Waals surface area contributed by atoms with Gasteiger partial charge < -0.3 is 9.47 Å². The van der Waals surface area contributed by atoms with Crippen molar-refractivity contribution < 1.29 is 0 Å². The van der Waals surface area contributed by atoms with E-state index in [2.05, 4.69) is 156 Å². The van der Waals surface area contributed by atoms with Gasteiger partial charge in [-0.1, -0.05) is 84.9 Å². The van der Waals surface area contributed by atoms with Crippen LogP contribution in [-0.4, -0.2) is 4.57 Å². The van der Waals surface area contributed by atoms with E-state index in [-0.39, 0.29) is 0 Å². The molecule has 0 saturated carbocycles. The van der Waals surface area contributed by atoms with E-state index in [4.69, 9.17) is 0 Å². The molecule has 0 saturated heterocycles. The Hall–Kier alpha value is -4.82. The van der Waals surface area contributed by atoms with Gasteiger partial charge in [-0.2, -0.15) is 0 Å². The molecule has 0 spiro atoms. The molecule has 7 rings (SSSR count). The minimum Gasteiger partial charge on any atom is -0.310 e. The van der Waals surface area contributed by atoms with E-state index in [9.17, 15) is 0 Å². The van der Waals surface area contributed by atoms with Crippen LogP contribution in [-0.2, 0) is 0 Å². The predicted octanol–water partition coefficient (Wildman–Crippen LogP) is 9.72. The number of fused-ring (bicyclic) bond motifs is 4. The maximum atomic E-state index is 2.41. The zero-order chi connectivity index (χ0) is 24.8. The molecule has 7 aromatic rings. The largest absolute Gasteiger partial charge is 0.310 e. The van der Waals surface area contributed by atoms with Crippen molar-refractivity contribution in [3.8, 4) is 5.69 Å². The molecule has 176 valence electrons. The summed E-state index contributed by atoms with van der Waals surface area (Å²) in [5, 5.41) is 5.01. The van der Waals surface area contributed by atoms with E-state index in [0.717, 1.165) is 11.4 Å². The molecule has 1 aromatic heterocycles. The summed E-state index contributed by atoms with van der Waals surface area (Å²) in [5.41, 5.74) is 8.33. The molecule has 0 unspecified atom stereocenters. The van der Waals surface area contributed by atoms with Crippen molar-refractivity contribution in [2.45, 2.75) is 6.92 Å². The average molecular weight is 475 g/mol. The molecule has 1 heterocycles. The molecule has 0 fully saturated rings. The highest BCUT2D eigenvalue weighted by molar-refractivity contribution is 6.11. The maximum Gasteiger partial charge on any atom is 0.0545 e. The fourth-order valence-electron chi connectivity index (χ4n) is 5.52. The Balaban J connectivity index is 1.51. The fourth-order valence-corrected chi connectivity index (χ4v) is 5.52. The predicted molar refractivity (Wildman–Crippen MR) is 158 cm³/mol. The van der Waals surface area contributed by atoms with Crippen LogP contribution in [0.15, 0.2) is 140 Å². The minimum atomic E-state index is 1.15. The summed E-state index contributed by atoms with van der Waals surface area (Å²) in [6.07, 6.45) is 0. The van der Waals surface area contributed by atoms with Gasteiger partial charge in [0.15, 0.2) is 0 Å². The van der Waals surface area contributed by atoms with Gasteiger partial charge in [0.25, 0.3) is 0 Å². The number of hydrogen-bond donors (Lipinski definition) is 0. The third-order valence-corrected chi connectivity index (χ3v) is 7.25. The number of para-hydroxylation sites is 3. The molecule has 2 heteroatoms. The molecule has 2 nitrogen and oxygen atoms in total. The van der Waals surface area contributed by atoms with Crippen molar-refractivity contribution in [2.75, 3.05) is 4.90 Å². The normalized spacial score (nSPS) is 11.4. The number of nitrogens with zero attached hydrogens (tertiary/aromatic N) is 2. The van der Waals surface area contributed by atoms with Crippen molar-refractivity contribution >= 4 is 49.6 Å². The van der Waals surface area contributed by atoms with Crippen LogP contribution in [0.2, 0.25) is 0 Å². The Morgan fingerprint density at radius 3 is 1.84 bits per heavy atom. The molecule has 6 aromatic carbocycles. The number of benzene rings is 6. The lowest BCUT2D eigenvalue weighted by atomic mass is 10.1. The molecule has 0 aliphatic rings. The third-order valence-electron chi connectivity index (χ3n) is 7.25. The summed E-state index contributed by atoms with van der Waals surface area (Å²) in [5.74, 6) is 0. The van der Waals surface area contributed by atoms with E-state index in [0.29, 0.717) is 0 Å². The zero-order valence-corrected chi connectivity index (χ0v) is 20.7.